The summed E-state index contributed by atoms with van der Waals surface area (Å²) < 4.78 is 22.0. The molecule has 0 aliphatic carbocycles. The predicted octanol–water partition coefficient (Wildman–Crippen LogP) is 4.41. The molecule has 1 heterocycles. The molecule has 3 aromatic carbocycles. The van der Waals surface area contributed by atoms with Gasteiger partial charge in [0.25, 0.3) is 5.69 Å². The van der Waals surface area contributed by atoms with Gasteiger partial charge in [0, 0.05) is 23.3 Å². The summed E-state index contributed by atoms with van der Waals surface area (Å²) in [6.45, 7) is 0.348. The van der Waals surface area contributed by atoms with E-state index in [1.165, 1.54) is 24.3 Å². The minimum absolute atomic E-state index is 0.00877. The molecule has 9 nitrogen and oxygen atoms in total. The molecular formula is C25H20N2O7. The summed E-state index contributed by atoms with van der Waals surface area (Å²) in [6.07, 6.45) is 1.40. The lowest BCUT2D eigenvalue weighted by molar-refractivity contribution is -0.384. The lowest BCUT2D eigenvalue weighted by Crippen LogP contribution is -2.10. The van der Waals surface area contributed by atoms with Crippen LogP contribution in [0.1, 0.15) is 11.1 Å². The summed E-state index contributed by atoms with van der Waals surface area (Å²) in [7, 11) is 1.55. The lowest BCUT2D eigenvalue weighted by Gasteiger charge is -2.12. The van der Waals surface area contributed by atoms with Gasteiger partial charge in [-0.25, -0.2) is 9.79 Å². The summed E-state index contributed by atoms with van der Waals surface area (Å²) in [5.74, 6) is 0.995. The van der Waals surface area contributed by atoms with Gasteiger partial charge in [-0.2, -0.15) is 0 Å². The molecule has 0 saturated carbocycles. The van der Waals surface area contributed by atoms with Crippen molar-refractivity contribution in [2.45, 2.75) is 0 Å². The normalized spacial score (nSPS) is 13.9. The first-order valence-corrected chi connectivity index (χ1v) is 10.3. The molecule has 0 saturated heterocycles. The number of ether oxygens (including phenoxy) is 4. The van der Waals surface area contributed by atoms with Crippen LogP contribution in [0.3, 0.4) is 0 Å². The molecule has 0 atom stereocenters. The second-order valence-corrected chi connectivity index (χ2v) is 7.03. The monoisotopic (exact) mass is 460 g/mol. The molecule has 172 valence electrons. The number of para-hydroxylation sites is 2. The number of benzene rings is 3. The molecule has 0 aromatic heterocycles. The van der Waals surface area contributed by atoms with Crippen molar-refractivity contribution in [2.75, 3.05) is 20.3 Å². The number of cyclic esters (lactones) is 1. The van der Waals surface area contributed by atoms with Crippen molar-refractivity contribution in [3.8, 4) is 17.2 Å². The highest BCUT2D eigenvalue weighted by Crippen LogP contribution is 2.29. The minimum atomic E-state index is -0.657. The number of hydrogen-bond donors (Lipinski definition) is 0. The summed E-state index contributed by atoms with van der Waals surface area (Å²) in [4.78, 5) is 27.4. The van der Waals surface area contributed by atoms with Gasteiger partial charge in [-0.05, 0) is 36.4 Å². The molecule has 1 aliphatic heterocycles. The van der Waals surface area contributed by atoms with Crippen molar-refractivity contribution < 1.29 is 28.7 Å². The van der Waals surface area contributed by atoms with Crippen LogP contribution in [0.2, 0.25) is 0 Å². The maximum Gasteiger partial charge on any atom is 0.363 e. The van der Waals surface area contributed by atoms with E-state index in [-0.39, 0.29) is 30.5 Å². The molecule has 4 rings (SSSR count). The first-order valence-electron chi connectivity index (χ1n) is 10.3. The van der Waals surface area contributed by atoms with E-state index in [9.17, 15) is 14.9 Å². The molecule has 0 unspecified atom stereocenters. The van der Waals surface area contributed by atoms with Crippen molar-refractivity contribution in [3.05, 3.63) is 99.7 Å². The van der Waals surface area contributed by atoms with Crippen LogP contribution in [-0.4, -0.2) is 37.1 Å². The molecule has 3 aromatic rings. The standard InChI is InChI=1S/C25H20N2O7/c1-31-22-9-5-6-10-23(22)33-14-13-32-21-12-11-19(27(29)30)15-18(21)16-20-25(28)34-24(26-20)17-7-3-2-4-8-17/h2-12,15-16H,13-14H2,1H3. The number of aliphatic imine (C=N–C) groups is 1. The Morgan fingerprint density at radius 1 is 0.941 bits per heavy atom. The van der Waals surface area contributed by atoms with Crippen LogP contribution in [0.15, 0.2) is 83.5 Å². The van der Waals surface area contributed by atoms with E-state index >= 15 is 0 Å². The summed E-state index contributed by atoms with van der Waals surface area (Å²) in [5.41, 5.74) is 0.817. The lowest BCUT2D eigenvalue weighted by atomic mass is 10.1. The Morgan fingerprint density at radius 2 is 1.62 bits per heavy atom. The van der Waals surface area contributed by atoms with Crippen LogP contribution in [0, 0.1) is 10.1 Å². The van der Waals surface area contributed by atoms with Gasteiger partial charge in [0.15, 0.2) is 17.2 Å². The fourth-order valence-corrected chi connectivity index (χ4v) is 3.20. The highest BCUT2D eigenvalue weighted by molar-refractivity contribution is 6.12. The van der Waals surface area contributed by atoms with Gasteiger partial charge in [0.2, 0.25) is 5.90 Å². The van der Waals surface area contributed by atoms with Gasteiger partial charge in [-0.15, -0.1) is 0 Å². The number of esters is 1. The topological polar surface area (TPSA) is 109 Å². The van der Waals surface area contributed by atoms with Crippen LogP contribution in [0.5, 0.6) is 17.2 Å². The fraction of sp³-hybridized carbons (Fsp3) is 0.120. The molecule has 34 heavy (non-hydrogen) atoms. The largest absolute Gasteiger partial charge is 0.493 e. The quantitative estimate of drug-likeness (QED) is 0.153. The third-order valence-electron chi connectivity index (χ3n) is 4.81. The second kappa shape index (κ2) is 10.3. The van der Waals surface area contributed by atoms with E-state index in [1.807, 2.05) is 18.2 Å². The number of carbonyl (C=O) groups excluding carboxylic acids is 1. The van der Waals surface area contributed by atoms with Gasteiger partial charge < -0.3 is 18.9 Å². The van der Waals surface area contributed by atoms with Crippen LogP contribution in [-0.2, 0) is 9.53 Å². The van der Waals surface area contributed by atoms with E-state index in [1.54, 1.807) is 43.5 Å². The zero-order valence-electron chi connectivity index (χ0n) is 18.2. The minimum Gasteiger partial charge on any atom is -0.493 e. The van der Waals surface area contributed by atoms with Crippen molar-refractivity contribution in [1.29, 1.82) is 0 Å². The number of nitro groups is 1. The van der Waals surface area contributed by atoms with Crippen LogP contribution in [0.4, 0.5) is 5.69 Å². The average molecular weight is 460 g/mol. The molecular weight excluding hydrogens is 440 g/mol. The van der Waals surface area contributed by atoms with Gasteiger partial charge in [-0.1, -0.05) is 30.3 Å². The maximum atomic E-state index is 12.4. The summed E-state index contributed by atoms with van der Waals surface area (Å²) in [5, 5.41) is 11.3. The molecule has 0 amide bonds. The van der Waals surface area contributed by atoms with Gasteiger partial charge >= 0.3 is 5.97 Å². The van der Waals surface area contributed by atoms with Crippen LogP contribution < -0.4 is 14.2 Å². The first-order chi connectivity index (χ1) is 16.5. The molecule has 0 fully saturated rings. The van der Waals surface area contributed by atoms with E-state index in [0.29, 0.717) is 28.4 Å². The van der Waals surface area contributed by atoms with Gasteiger partial charge in [0.1, 0.15) is 19.0 Å². The summed E-state index contributed by atoms with van der Waals surface area (Å²) >= 11 is 0. The van der Waals surface area contributed by atoms with E-state index in [0.717, 1.165) is 0 Å². The first kappa shape index (κ1) is 22.5. The highest BCUT2D eigenvalue weighted by atomic mass is 16.6. The average Bonchev–Trinajstić information content (AvgIpc) is 3.23. The molecule has 9 heteroatoms. The summed E-state index contributed by atoms with van der Waals surface area (Å²) in [6, 6.07) is 20.3. The van der Waals surface area contributed by atoms with E-state index < -0.39 is 10.9 Å². The zero-order valence-corrected chi connectivity index (χ0v) is 18.2. The SMILES string of the molecule is COc1ccccc1OCCOc1ccc([N+](=O)[O-])cc1C=C1N=C(c2ccccc2)OC1=O. The van der Waals surface area contributed by atoms with Crippen LogP contribution >= 0.6 is 0 Å². The maximum absolute atomic E-state index is 12.4. The third kappa shape index (κ3) is 5.21. The van der Waals surface area contributed by atoms with E-state index in [4.69, 9.17) is 18.9 Å². The van der Waals surface area contributed by atoms with E-state index in [2.05, 4.69) is 4.99 Å². The number of nitrogens with zero attached hydrogens (tertiary/aromatic N) is 2. The molecule has 0 radical (unpaired) electrons. The smallest absolute Gasteiger partial charge is 0.363 e. The number of carbonyl (C=O) groups is 1. The zero-order chi connectivity index (χ0) is 23.9. The number of non-ortho nitro benzene ring substituents is 1. The fourth-order valence-electron chi connectivity index (χ4n) is 3.20. The molecule has 1 aliphatic rings. The molecule has 0 N–H and O–H groups in total. The van der Waals surface area contributed by atoms with Crippen molar-refractivity contribution >= 4 is 23.6 Å². The third-order valence-corrected chi connectivity index (χ3v) is 4.81. The van der Waals surface area contributed by atoms with Crippen LogP contribution in [0.25, 0.3) is 6.08 Å². The Hall–Kier alpha value is -4.66. The number of nitro benzene ring substituents is 1. The number of hydrogen-bond acceptors (Lipinski definition) is 8. The van der Waals surface area contributed by atoms with Crippen molar-refractivity contribution in [3.63, 3.8) is 0 Å². The van der Waals surface area contributed by atoms with Gasteiger partial charge in [-0.3, -0.25) is 10.1 Å². The Labute approximate surface area is 195 Å². The predicted molar refractivity (Wildman–Crippen MR) is 124 cm³/mol. The number of rotatable bonds is 9. The Morgan fingerprint density at radius 3 is 2.32 bits per heavy atom. The highest BCUT2D eigenvalue weighted by Gasteiger charge is 2.25. The van der Waals surface area contributed by atoms with Crippen molar-refractivity contribution in [1.82, 2.24) is 0 Å². The number of methoxy groups -OCH3 is 1. The second-order valence-electron chi connectivity index (χ2n) is 7.03. The Bertz CT molecular complexity index is 1270. The Kier molecular flexibility index (Phi) is 6.83. The molecule has 0 bridgehead atoms. The van der Waals surface area contributed by atoms with Crippen molar-refractivity contribution in [2.24, 2.45) is 4.99 Å². The Balaban J connectivity index is 1.53. The van der Waals surface area contributed by atoms with Gasteiger partial charge in [0.05, 0.1) is 12.0 Å². The molecule has 0 spiro atoms.